The molecule has 0 aliphatic heterocycles. The van der Waals surface area contributed by atoms with E-state index in [1.165, 1.54) is 4.57 Å². The summed E-state index contributed by atoms with van der Waals surface area (Å²) in [5.74, 6) is -0.278. The van der Waals surface area contributed by atoms with Crippen molar-refractivity contribution >= 4 is 39.1 Å². The Labute approximate surface area is 142 Å². The number of aromatic nitrogens is 1. The molecule has 2 aromatic rings. The van der Waals surface area contributed by atoms with Gasteiger partial charge in [0.25, 0.3) is 5.56 Å². The van der Waals surface area contributed by atoms with Gasteiger partial charge in [0.15, 0.2) is 0 Å². The van der Waals surface area contributed by atoms with E-state index >= 15 is 0 Å². The second kappa shape index (κ2) is 6.67. The molecule has 1 atom stereocenters. The molecule has 0 aliphatic rings. The molecule has 1 aromatic carbocycles. The molecule has 2 rings (SSSR count). The number of halogens is 2. The van der Waals surface area contributed by atoms with Crippen LogP contribution < -0.4 is 10.9 Å². The van der Waals surface area contributed by atoms with E-state index in [4.69, 9.17) is 11.6 Å². The van der Waals surface area contributed by atoms with Crippen LogP contribution in [0.1, 0.15) is 24.1 Å². The van der Waals surface area contributed by atoms with Crippen molar-refractivity contribution in [2.75, 3.05) is 5.32 Å². The van der Waals surface area contributed by atoms with Crippen molar-refractivity contribution in [1.82, 2.24) is 4.57 Å². The number of rotatable bonds is 3. The average molecular weight is 384 g/mol. The fourth-order valence-corrected chi connectivity index (χ4v) is 2.78. The highest BCUT2D eigenvalue weighted by Gasteiger charge is 2.17. The van der Waals surface area contributed by atoms with Crippen LogP contribution in [-0.2, 0) is 4.79 Å². The monoisotopic (exact) mass is 382 g/mol. The number of hydrogen-bond donors (Lipinski definition) is 1. The van der Waals surface area contributed by atoms with E-state index in [9.17, 15) is 9.59 Å². The molecule has 1 amide bonds. The summed E-state index contributed by atoms with van der Waals surface area (Å²) in [6, 6.07) is 6.39. The van der Waals surface area contributed by atoms with Crippen molar-refractivity contribution < 1.29 is 4.79 Å². The molecule has 4 nitrogen and oxygen atoms in total. The topological polar surface area (TPSA) is 51.1 Å². The van der Waals surface area contributed by atoms with Crippen LogP contribution in [0, 0.1) is 13.8 Å². The Morgan fingerprint density at radius 1 is 1.27 bits per heavy atom. The van der Waals surface area contributed by atoms with Gasteiger partial charge in [-0.15, -0.1) is 0 Å². The summed E-state index contributed by atoms with van der Waals surface area (Å²) in [5, 5.41) is 3.36. The zero-order chi connectivity index (χ0) is 16.4. The van der Waals surface area contributed by atoms with Gasteiger partial charge in [0.1, 0.15) is 6.04 Å². The maximum atomic E-state index is 12.4. The molecule has 0 spiro atoms. The standard InChI is InChI=1S/C16H16BrClN2O2/c1-9-4-5-13(7-14(9)18)19-15(21)11(3)20-8-12(17)6-10(2)16(20)22/h4-8,11H,1-3H3,(H,19,21). The number of carbonyl (C=O) groups is 1. The fourth-order valence-electron chi connectivity index (χ4n) is 2.03. The number of hydrogen-bond acceptors (Lipinski definition) is 2. The summed E-state index contributed by atoms with van der Waals surface area (Å²) >= 11 is 9.39. The lowest BCUT2D eigenvalue weighted by molar-refractivity contribution is -0.118. The molecular weight excluding hydrogens is 368 g/mol. The quantitative estimate of drug-likeness (QED) is 0.868. The van der Waals surface area contributed by atoms with Gasteiger partial charge in [-0.05, 0) is 60.5 Å². The van der Waals surface area contributed by atoms with Gasteiger partial charge in [-0.25, -0.2) is 0 Å². The van der Waals surface area contributed by atoms with Crippen LogP contribution in [0.4, 0.5) is 5.69 Å². The lowest BCUT2D eigenvalue weighted by atomic mass is 10.2. The molecule has 0 saturated heterocycles. The molecule has 0 bridgehead atoms. The number of amides is 1. The minimum Gasteiger partial charge on any atom is -0.324 e. The van der Waals surface area contributed by atoms with E-state index in [2.05, 4.69) is 21.2 Å². The van der Waals surface area contributed by atoms with Crippen LogP contribution in [0.25, 0.3) is 0 Å². The number of nitrogens with zero attached hydrogens (tertiary/aromatic N) is 1. The second-order valence-corrected chi connectivity index (χ2v) is 6.51. The minimum atomic E-state index is -0.635. The first-order valence-electron chi connectivity index (χ1n) is 6.75. The van der Waals surface area contributed by atoms with Crippen LogP contribution >= 0.6 is 27.5 Å². The number of benzene rings is 1. The molecule has 0 radical (unpaired) electrons. The first kappa shape index (κ1) is 16.8. The predicted molar refractivity (Wildman–Crippen MR) is 92.7 cm³/mol. The van der Waals surface area contributed by atoms with E-state index in [1.807, 2.05) is 13.0 Å². The van der Waals surface area contributed by atoms with Crippen LogP contribution in [-0.4, -0.2) is 10.5 Å². The molecule has 1 N–H and O–H groups in total. The smallest absolute Gasteiger partial charge is 0.254 e. The Morgan fingerprint density at radius 3 is 2.59 bits per heavy atom. The first-order valence-corrected chi connectivity index (χ1v) is 7.92. The van der Waals surface area contributed by atoms with Gasteiger partial charge in [0.2, 0.25) is 5.91 Å². The molecule has 0 fully saturated rings. The molecule has 1 heterocycles. The van der Waals surface area contributed by atoms with Gasteiger partial charge in [-0.3, -0.25) is 9.59 Å². The SMILES string of the molecule is Cc1ccc(NC(=O)C(C)n2cc(Br)cc(C)c2=O)cc1Cl. The molecule has 0 saturated carbocycles. The van der Waals surface area contributed by atoms with E-state index in [0.717, 1.165) is 10.0 Å². The Bertz CT molecular complexity index is 786. The summed E-state index contributed by atoms with van der Waals surface area (Å²) in [6.07, 6.45) is 1.61. The van der Waals surface area contributed by atoms with Crippen molar-refractivity contribution in [3.8, 4) is 0 Å². The number of pyridine rings is 1. The van der Waals surface area contributed by atoms with E-state index in [0.29, 0.717) is 16.3 Å². The number of anilines is 1. The van der Waals surface area contributed by atoms with E-state index < -0.39 is 6.04 Å². The summed E-state index contributed by atoms with van der Waals surface area (Å²) < 4.78 is 2.16. The van der Waals surface area contributed by atoms with E-state index in [1.54, 1.807) is 38.2 Å². The number of carbonyl (C=O) groups excluding carboxylic acids is 1. The van der Waals surface area contributed by atoms with Gasteiger partial charge in [-0.2, -0.15) is 0 Å². The van der Waals surface area contributed by atoms with Crippen LogP contribution in [0.5, 0.6) is 0 Å². The minimum absolute atomic E-state index is 0.187. The molecule has 116 valence electrons. The second-order valence-electron chi connectivity index (χ2n) is 5.18. The Balaban J connectivity index is 2.26. The third kappa shape index (κ3) is 3.59. The summed E-state index contributed by atoms with van der Waals surface area (Å²) in [5.41, 5.74) is 1.93. The van der Waals surface area contributed by atoms with Gasteiger partial charge < -0.3 is 9.88 Å². The van der Waals surface area contributed by atoms with Crippen molar-refractivity contribution in [2.45, 2.75) is 26.8 Å². The van der Waals surface area contributed by atoms with E-state index in [-0.39, 0.29) is 11.5 Å². The average Bonchev–Trinajstić information content (AvgIpc) is 2.46. The molecule has 1 aromatic heterocycles. The third-order valence-electron chi connectivity index (χ3n) is 3.42. The summed E-state index contributed by atoms with van der Waals surface area (Å²) in [6.45, 7) is 5.28. The summed E-state index contributed by atoms with van der Waals surface area (Å²) in [7, 11) is 0. The predicted octanol–water partition coefficient (Wildman–Crippen LogP) is 4.08. The zero-order valence-corrected chi connectivity index (χ0v) is 14.8. The van der Waals surface area contributed by atoms with Crippen LogP contribution in [0.2, 0.25) is 5.02 Å². The summed E-state index contributed by atoms with van der Waals surface area (Å²) in [4.78, 5) is 24.5. The largest absolute Gasteiger partial charge is 0.324 e. The Morgan fingerprint density at radius 2 is 1.95 bits per heavy atom. The lowest BCUT2D eigenvalue weighted by Crippen LogP contribution is -2.32. The van der Waals surface area contributed by atoms with Gasteiger partial charge in [0.05, 0.1) is 0 Å². The van der Waals surface area contributed by atoms with Gasteiger partial charge in [0, 0.05) is 26.9 Å². The zero-order valence-electron chi connectivity index (χ0n) is 12.5. The highest BCUT2D eigenvalue weighted by Crippen LogP contribution is 2.21. The molecule has 22 heavy (non-hydrogen) atoms. The molecule has 6 heteroatoms. The Hall–Kier alpha value is -1.59. The Kier molecular flexibility index (Phi) is 5.08. The third-order valence-corrected chi connectivity index (χ3v) is 4.27. The van der Waals surface area contributed by atoms with Gasteiger partial charge in [-0.1, -0.05) is 17.7 Å². The van der Waals surface area contributed by atoms with Gasteiger partial charge >= 0.3 is 0 Å². The highest BCUT2D eigenvalue weighted by molar-refractivity contribution is 9.10. The van der Waals surface area contributed by atoms with Crippen LogP contribution in [0.3, 0.4) is 0 Å². The van der Waals surface area contributed by atoms with Crippen LogP contribution in [0.15, 0.2) is 39.7 Å². The van der Waals surface area contributed by atoms with Crippen molar-refractivity contribution in [3.63, 3.8) is 0 Å². The molecule has 0 aliphatic carbocycles. The maximum absolute atomic E-state index is 12.4. The highest BCUT2D eigenvalue weighted by atomic mass is 79.9. The number of aryl methyl sites for hydroxylation is 2. The normalized spacial score (nSPS) is 12.0. The lowest BCUT2D eigenvalue weighted by Gasteiger charge is -2.16. The molecule has 1 unspecified atom stereocenters. The fraction of sp³-hybridized carbons (Fsp3) is 0.250. The van der Waals surface area contributed by atoms with Crippen molar-refractivity contribution in [3.05, 3.63) is 61.4 Å². The first-order chi connectivity index (χ1) is 10.3. The number of nitrogens with one attached hydrogen (secondary N) is 1. The molecular formula is C16H16BrClN2O2. The maximum Gasteiger partial charge on any atom is 0.254 e. The van der Waals surface area contributed by atoms with Crippen molar-refractivity contribution in [2.24, 2.45) is 0 Å². The van der Waals surface area contributed by atoms with Crippen molar-refractivity contribution in [1.29, 1.82) is 0 Å².